The number of rotatable bonds is 7. The number of nitrogens with zero attached hydrogens (tertiary/aromatic N) is 1. The molecule has 1 rings (SSSR count). The van der Waals surface area contributed by atoms with Crippen LogP contribution in [0.25, 0.3) is 0 Å². The first-order valence-electron chi connectivity index (χ1n) is 6.27. The van der Waals surface area contributed by atoms with Gasteiger partial charge < -0.3 is 10.6 Å². The van der Waals surface area contributed by atoms with Crippen LogP contribution in [0.5, 0.6) is 0 Å². The molecule has 3 nitrogen and oxygen atoms in total. The minimum atomic E-state index is -0.742. The van der Waals surface area contributed by atoms with Crippen molar-refractivity contribution in [3.05, 3.63) is 55.1 Å². The smallest absolute Gasteiger partial charge is 0.228 e. The van der Waals surface area contributed by atoms with E-state index in [9.17, 15) is 4.79 Å². The van der Waals surface area contributed by atoms with E-state index in [1.807, 2.05) is 43.3 Å². The minimum absolute atomic E-state index is 0.343. The van der Waals surface area contributed by atoms with E-state index >= 15 is 0 Å². The first kappa shape index (κ1) is 15.0. The van der Waals surface area contributed by atoms with Crippen molar-refractivity contribution in [3.8, 4) is 0 Å². The van der Waals surface area contributed by atoms with Gasteiger partial charge in [-0.3, -0.25) is 4.79 Å². The van der Waals surface area contributed by atoms with E-state index < -0.39 is 5.41 Å². The number of anilines is 1. The van der Waals surface area contributed by atoms with Crippen LogP contribution in [0.4, 0.5) is 5.69 Å². The zero-order valence-electron chi connectivity index (χ0n) is 11.7. The number of amides is 1. The molecule has 0 aliphatic heterocycles. The van der Waals surface area contributed by atoms with Crippen LogP contribution in [0.15, 0.2) is 49.6 Å². The summed E-state index contributed by atoms with van der Waals surface area (Å²) in [6.45, 7) is 7.46. The van der Waals surface area contributed by atoms with Gasteiger partial charge in [0.15, 0.2) is 0 Å². The lowest BCUT2D eigenvalue weighted by Crippen LogP contribution is -2.40. The normalized spacial score (nSPS) is 10.8. The molecule has 0 saturated heterocycles. The number of carbonyl (C=O) groups excluding carboxylic acids is 1. The number of nitrogens with two attached hydrogens (primary N) is 1. The zero-order valence-corrected chi connectivity index (χ0v) is 11.7. The molecule has 0 aliphatic rings. The van der Waals surface area contributed by atoms with E-state index in [0.29, 0.717) is 12.8 Å². The van der Waals surface area contributed by atoms with E-state index in [1.165, 1.54) is 0 Å². The molecule has 3 heteroatoms. The Kier molecular flexibility index (Phi) is 4.93. The minimum Gasteiger partial charge on any atom is -0.378 e. The topological polar surface area (TPSA) is 46.3 Å². The number of primary amides is 1. The number of benzene rings is 1. The summed E-state index contributed by atoms with van der Waals surface area (Å²) >= 11 is 0. The number of hydrogen-bond acceptors (Lipinski definition) is 2. The second-order valence-corrected chi connectivity index (χ2v) is 4.87. The van der Waals surface area contributed by atoms with Crippen LogP contribution >= 0.6 is 0 Å². The molecule has 0 atom stereocenters. The second kappa shape index (κ2) is 6.23. The van der Waals surface area contributed by atoms with Crippen LogP contribution in [0.3, 0.4) is 0 Å². The molecule has 1 aromatic rings. The van der Waals surface area contributed by atoms with Crippen molar-refractivity contribution in [3.63, 3.8) is 0 Å². The van der Waals surface area contributed by atoms with Gasteiger partial charge in [0.25, 0.3) is 0 Å². The van der Waals surface area contributed by atoms with Crippen LogP contribution in [0, 0.1) is 0 Å². The van der Waals surface area contributed by atoms with Crippen molar-refractivity contribution in [2.24, 2.45) is 5.73 Å². The second-order valence-electron chi connectivity index (χ2n) is 4.87. The molecule has 19 heavy (non-hydrogen) atoms. The van der Waals surface area contributed by atoms with Crippen LogP contribution < -0.4 is 10.6 Å². The molecule has 0 spiro atoms. The van der Waals surface area contributed by atoms with Gasteiger partial charge in [0.1, 0.15) is 0 Å². The monoisotopic (exact) mass is 258 g/mol. The highest BCUT2D eigenvalue weighted by Gasteiger charge is 2.36. The highest BCUT2D eigenvalue weighted by Crippen LogP contribution is 2.33. The molecule has 0 heterocycles. The Morgan fingerprint density at radius 3 is 2.00 bits per heavy atom. The third-order valence-corrected chi connectivity index (χ3v) is 3.39. The van der Waals surface area contributed by atoms with Gasteiger partial charge in [-0.1, -0.05) is 24.3 Å². The molecule has 0 saturated carbocycles. The van der Waals surface area contributed by atoms with E-state index in [2.05, 4.69) is 13.2 Å². The van der Waals surface area contributed by atoms with E-state index in [-0.39, 0.29) is 5.91 Å². The maximum absolute atomic E-state index is 11.9. The summed E-state index contributed by atoms with van der Waals surface area (Å²) in [7, 11) is 3.95. The van der Waals surface area contributed by atoms with Gasteiger partial charge in [0.2, 0.25) is 5.91 Å². The predicted molar refractivity (Wildman–Crippen MR) is 81.3 cm³/mol. The molecule has 0 bridgehead atoms. The van der Waals surface area contributed by atoms with Gasteiger partial charge >= 0.3 is 0 Å². The number of allylic oxidation sites excluding steroid dienone is 2. The lowest BCUT2D eigenvalue weighted by atomic mass is 9.74. The highest BCUT2D eigenvalue weighted by atomic mass is 16.1. The summed E-state index contributed by atoms with van der Waals surface area (Å²) < 4.78 is 0. The summed E-state index contributed by atoms with van der Waals surface area (Å²) in [5.41, 5.74) is 6.88. The fourth-order valence-electron chi connectivity index (χ4n) is 2.23. The molecular weight excluding hydrogens is 236 g/mol. The van der Waals surface area contributed by atoms with Crippen molar-refractivity contribution >= 4 is 11.6 Å². The maximum atomic E-state index is 11.9. The molecule has 1 aromatic carbocycles. The van der Waals surface area contributed by atoms with Crippen molar-refractivity contribution in [2.75, 3.05) is 19.0 Å². The average Bonchev–Trinajstić information content (AvgIpc) is 2.38. The van der Waals surface area contributed by atoms with Gasteiger partial charge in [-0.25, -0.2) is 0 Å². The first-order chi connectivity index (χ1) is 8.97. The summed E-state index contributed by atoms with van der Waals surface area (Å²) in [6, 6.07) is 7.87. The highest BCUT2D eigenvalue weighted by molar-refractivity contribution is 5.87. The maximum Gasteiger partial charge on any atom is 0.228 e. The van der Waals surface area contributed by atoms with Gasteiger partial charge in [0, 0.05) is 19.8 Å². The SMILES string of the molecule is C=CCC(CC=C)(C(N)=O)c1ccc(N(C)C)cc1. The molecular formula is C16H22N2O. The van der Waals surface area contributed by atoms with E-state index in [0.717, 1.165) is 11.3 Å². The number of hydrogen-bond donors (Lipinski definition) is 1. The third-order valence-electron chi connectivity index (χ3n) is 3.39. The fourth-order valence-corrected chi connectivity index (χ4v) is 2.23. The van der Waals surface area contributed by atoms with Crippen LogP contribution in [0.1, 0.15) is 18.4 Å². The van der Waals surface area contributed by atoms with Gasteiger partial charge in [-0.15, -0.1) is 13.2 Å². The van der Waals surface area contributed by atoms with Crippen molar-refractivity contribution < 1.29 is 4.79 Å². The molecule has 2 N–H and O–H groups in total. The summed E-state index contributed by atoms with van der Waals surface area (Å²) in [6.07, 6.45) is 4.48. The molecule has 0 radical (unpaired) electrons. The van der Waals surface area contributed by atoms with Crippen molar-refractivity contribution in [2.45, 2.75) is 18.3 Å². The van der Waals surface area contributed by atoms with Crippen LogP contribution in [-0.4, -0.2) is 20.0 Å². The first-order valence-corrected chi connectivity index (χ1v) is 6.27. The lowest BCUT2D eigenvalue weighted by Gasteiger charge is -2.29. The Hall–Kier alpha value is -2.03. The Balaban J connectivity index is 3.26. The summed E-state index contributed by atoms with van der Waals surface area (Å²) in [5.74, 6) is -0.343. The zero-order chi connectivity index (χ0) is 14.5. The lowest BCUT2D eigenvalue weighted by molar-refractivity contribution is -0.123. The Morgan fingerprint density at radius 1 is 1.21 bits per heavy atom. The predicted octanol–water partition coefficient (Wildman–Crippen LogP) is 2.63. The Labute approximate surface area is 115 Å². The fraction of sp³-hybridized carbons (Fsp3) is 0.312. The Morgan fingerprint density at radius 2 is 1.68 bits per heavy atom. The van der Waals surface area contributed by atoms with Gasteiger partial charge in [-0.05, 0) is 30.5 Å². The Bertz CT molecular complexity index is 450. The largest absolute Gasteiger partial charge is 0.378 e. The van der Waals surface area contributed by atoms with Crippen molar-refractivity contribution in [1.82, 2.24) is 0 Å². The quantitative estimate of drug-likeness (QED) is 0.764. The van der Waals surface area contributed by atoms with Crippen LogP contribution in [-0.2, 0) is 10.2 Å². The molecule has 1 amide bonds. The average molecular weight is 258 g/mol. The molecule has 102 valence electrons. The molecule has 0 aromatic heterocycles. The van der Waals surface area contributed by atoms with E-state index in [4.69, 9.17) is 5.73 Å². The molecule has 0 fully saturated rings. The van der Waals surface area contributed by atoms with Gasteiger partial charge in [0.05, 0.1) is 5.41 Å². The number of carbonyl (C=O) groups is 1. The standard InChI is InChI=1S/C16H22N2O/c1-5-11-16(12-6-2,15(17)19)13-7-9-14(10-8-13)18(3)4/h5-10H,1-2,11-12H2,3-4H3,(H2,17,19). The summed E-state index contributed by atoms with van der Waals surface area (Å²) in [4.78, 5) is 13.9. The van der Waals surface area contributed by atoms with Crippen molar-refractivity contribution in [1.29, 1.82) is 0 Å². The third kappa shape index (κ3) is 3.05. The van der Waals surface area contributed by atoms with Crippen LogP contribution in [0.2, 0.25) is 0 Å². The molecule has 0 unspecified atom stereocenters. The van der Waals surface area contributed by atoms with E-state index in [1.54, 1.807) is 12.2 Å². The molecule has 0 aliphatic carbocycles. The summed E-state index contributed by atoms with van der Waals surface area (Å²) in [5, 5.41) is 0. The van der Waals surface area contributed by atoms with Gasteiger partial charge in [-0.2, -0.15) is 0 Å².